The monoisotopic (exact) mass is 329 g/mol. The minimum absolute atomic E-state index is 0.307. The van der Waals surface area contributed by atoms with Gasteiger partial charge in [0.25, 0.3) is 0 Å². The molecule has 0 amide bonds. The van der Waals surface area contributed by atoms with Crippen molar-refractivity contribution in [3.63, 3.8) is 0 Å². The first kappa shape index (κ1) is 16.6. The summed E-state index contributed by atoms with van der Waals surface area (Å²) in [6, 6.07) is 4.39. The number of nitrogens with zero attached hydrogens (tertiary/aromatic N) is 1. The molecule has 3 fully saturated rings. The van der Waals surface area contributed by atoms with Crippen LogP contribution in [0.1, 0.15) is 76.6 Å². The first-order valence-corrected chi connectivity index (χ1v) is 9.31. The summed E-state index contributed by atoms with van der Waals surface area (Å²) in [5.41, 5.74) is 2.86. The first-order chi connectivity index (χ1) is 11.4. The summed E-state index contributed by atoms with van der Waals surface area (Å²) in [6.45, 7) is 10.1. The minimum Gasteiger partial charge on any atom is -0.399 e. The average Bonchev–Trinajstić information content (AvgIpc) is 3.36. The quantitative estimate of drug-likeness (QED) is 0.799. The molecule has 4 nitrogen and oxygen atoms in total. The van der Waals surface area contributed by atoms with E-state index in [-0.39, 0.29) is 18.3 Å². The smallest absolute Gasteiger partial charge is 0.399 e. The zero-order chi connectivity index (χ0) is 16.9. The second-order valence-electron chi connectivity index (χ2n) is 8.53. The van der Waals surface area contributed by atoms with Crippen molar-refractivity contribution in [2.75, 3.05) is 13.2 Å². The normalized spacial score (nSPS) is 29.0. The molecule has 0 radical (unpaired) electrons. The average molecular weight is 329 g/mol. The van der Waals surface area contributed by atoms with Crippen molar-refractivity contribution in [2.45, 2.75) is 76.4 Å². The van der Waals surface area contributed by atoms with Gasteiger partial charge >= 0.3 is 7.12 Å². The Morgan fingerprint density at radius 2 is 1.58 bits per heavy atom. The largest absolute Gasteiger partial charge is 0.494 e. The highest BCUT2D eigenvalue weighted by molar-refractivity contribution is 6.62. The van der Waals surface area contributed by atoms with E-state index in [1.165, 1.54) is 18.5 Å². The van der Waals surface area contributed by atoms with Gasteiger partial charge in [0.2, 0.25) is 0 Å². The first-order valence-electron chi connectivity index (χ1n) is 9.31. The Bertz CT molecular complexity index is 605. The molecule has 4 rings (SSSR count). The van der Waals surface area contributed by atoms with E-state index in [0.717, 1.165) is 37.2 Å². The lowest BCUT2D eigenvalue weighted by atomic mass is 9.77. The second kappa shape index (κ2) is 5.82. The second-order valence-corrected chi connectivity index (χ2v) is 8.53. The van der Waals surface area contributed by atoms with Crippen LogP contribution in [-0.2, 0) is 14.0 Å². The lowest BCUT2D eigenvalue weighted by molar-refractivity contribution is 0.00578. The van der Waals surface area contributed by atoms with Gasteiger partial charge in [-0.25, -0.2) is 0 Å². The van der Waals surface area contributed by atoms with Gasteiger partial charge in [-0.2, -0.15) is 0 Å². The predicted octanol–water partition coefficient (Wildman–Crippen LogP) is 3.15. The molecule has 1 aromatic rings. The molecule has 3 heterocycles. The zero-order valence-electron chi connectivity index (χ0n) is 15.3. The highest BCUT2D eigenvalue weighted by Gasteiger charge is 2.52. The van der Waals surface area contributed by atoms with Gasteiger partial charge in [-0.15, -0.1) is 0 Å². The highest BCUT2D eigenvalue weighted by Crippen LogP contribution is 2.40. The van der Waals surface area contributed by atoms with E-state index in [9.17, 15) is 0 Å². The van der Waals surface area contributed by atoms with E-state index in [1.54, 1.807) is 0 Å². The standard InChI is InChI=1S/C19H28BNO3/c1-18(2)19(3,4)24-20(23-18)15-10-16(13-7-8-13)21-17(11-15)14-6-5-9-22-12-14/h10-11,13-14H,5-9,12H2,1-4H3. The minimum atomic E-state index is -0.311. The SMILES string of the molecule is CC1(C)OB(c2cc(C3CC3)nc(C3CCCOC3)c2)OC1(C)C. The van der Waals surface area contributed by atoms with Crippen molar-refractivity contribution >= 4 is 12.6 Å². The molecular formula is C19H28BNO3. The molecule has 5 heteroatoms. The Balaban J connectivity index is 1.66. The van der Waals surface area contributed by atoms with Crippen LogP contribution in [0.25, 0.3) is 0 Å². The highest BCUT2D eigenvalue weighted by atomic mass is 16.7. The topological polar surface area (TPSA) is 40.6 Å². The summed E-state index contributed by atoms with van der Waals surface area (Å²) in [7, 11) is -0.307. The van der Waals surface area contributed by atoms with Gasteiger partial charge in [0.15, 0.2) is 0 Å². The number of rotatable bonds is 3. The molecule has 1 saturated carbocycles. The lowest BCUT2D eigenvalue weighted by Crippen LogP contribution is -2.41. The maximum Gasteiger partial charge on any atom is 0.494 e. The molecule has 1 aliphatic carbocycles. The van der Waals surface area contributed by atoms with E-state index in [2.05, 4.69) is 39.8 Å². The fourth-order valence-electron chi connectivity index (χ4n) is 3.48. The van der Waals surface area contributed by atoms with Crippen molar-refractivity contribution in [3.8, 4) is 0 Å². The molecule has 2 aliphatic heterocycles. The van der Waals surface area contributed by atoms with Crippen molar-refractivity contribution in [3.05, 3.63) is 23.5 Å². The summed E-state index contributed by atoms with van der Waals surface area (Å²) in [5.74, 6) is 1.02. The van der Waals surface area contributed by atoms with Crippen LogP contribution in [0, 0.1) is 0 Å². The summed E-state index contributed by atoms with van der Waals surface area (Å²) in [5, 5.41) is 0. The number of ether oxygens (including phenoxy) is 1. The zero-order valence-corrected chi connectivity index (χ0v) is 15.3. The molecule has 0 aromatic carbocycles. The maximum atomic E-state index is 6.27. The number of hydrogen-bond acceptors (Lipinski definition) is 4. The predicted molar refractivity (Wildman–Crippen MR) is 94.7 cm³/mol. The van der Waals surface area contributed by atoms with Crippen molar-refractivity contribution in [1.29, 1.82) is 0 Å². The Hall–Kier alpha value is -0.905. The summed E-state index contributed by atoms with van der Waals surface area (Å²) >= 11 is 0. The van der Waals surface area contributed by atoms with Crippen molar-refractivity contribution in [1.82, 2.24) is 4.98 Å². The third kappa shape index (κ3) is 3.02. The van der Waals surface area contributed by atoms with Crippen LogP contribution in [0.5, 0.6) is 0 Å². The fraction of sp³-hybridized carbons (Fsp3) is 0.737. The summed E-state index contributed by atoms with van der Waals surface area (Å²) in [6.07, 6.45) is 4.77. The van der Waals surface area contributed by atoms with Crippen LogP contribution in [0.3, 0.4) is 0 Å². The van der Waals surface area contributed by atoms with Gasteiger partial charge in [0.1, 0.15) is 0 Å². The molecule has 2 saturated heterocycles. The van der Waals surface area contributed by atoms with Gasteiger partial charge in [-0.05, 0) is 71.0 Å². The van der Waals surface area contributed by atoms with Gasteiger partial charge in [0.05, 0.1) is 17.8 Å². The van der Waals surface area contributed by atoms with Crippen molar-refractivity contribution in [2.24, 2.45) is 0 Å². The molecule has 1 atom stereocenters. The van der Waals surface area contributed by atoms with Gasteiger partial charge < -0.3 is 14.0 Å². The Kier molecular flexibility index (Phi) is 4.02. The molecule has 1 aromatic heterocycles. The van der Waals surface area contributed by atoms with E-state index in [0.29, 0.717) is 11.8 Å². The molecule has 0 bridgehead atoms. The molecule has 0 spiro atoms. The molecule has 0 N–H and O–H groups in total. The third-order valence-corrected chi connectivity index (χ3v) is 5.99. The Morgan fingerprint density at radius 1 is 0.958 bits per heavy atom. The van der Waals surface area contributed by atoms with Gasteiger partial charge in [-0.3, -0.25) is 4.98 Å². The van der Waals surface area contributed by atoms with Crippen LogP contribution >= 0.6 is 0 Å². The van der Waals surface area contributed by atoms with Crippen LogP contribution < -0.4 is 5.46 Å². The number of aromatic nitrogens is 1. The van der Waals surface area contributed by atoms with Gasteiger partial charge in [0, 0.05) is 29.8 Å². The number of pyridine rings is 1. The molecule has 3 aliphatic rings. The van der Waals surface area contributed by atoms with E-state index >= 15 is 0 Å². The van der Waals surface area contributed by atoms with Crippen LogP contribution in [0.4, 0.5) is 0 Å². The molecular weight excluding hydrogens is 301 g/mol. The molecule has 1 unspecified atom stereocenters. The Morgan fingerprint density at radius 3 is 2.12 bits per heavy atom. The summed E-state index contributed by atoms with van der Waals surface area (Å²) < 4.78 is 18.2. The van der Waals surface area contributed by atoms with E-state index in [4.69, 9.17) is 19.0 Å². The lowest BCUT2D eigenvalue weighted by Gasteiger charge is -2.32. The van der Waals surface area contributed by atoms with Crippen LogP contribution in [0.15, 0.2) is 12.1 Å². The van der Waals surface area contributed by atoms with Crippen LogP contribution in [-0.4, -0.2) is 36.5 Å². The molecule has 24 heavy (non-hydrogen) atoms. The number of hydrogen-bond donors (Lipinski definition) is 0. The van der Waals surface area contributed by atoms with E-state index in [1.807, 2.05) is 0 Å². The molecule has 130 valence electrons. The third-order valence-electron chi connectivity index (χ3n) is 5.99. The van der Waals surface area contributed by atoms with Crippen LogP contribution in [0.2, 0.25) is 0 Å². The Labute approximate surface area is 145 Å². The maximum absolute atomic E-state index is 6.27. The van der Waals surface area contributed by atoms with Crippen molar-refractivity contribution < 1.29 is 14.0 Å². The summed E-state index contributed by atoms with van der Waals surface area (Å²) in [4.78, 5) is 4.97. The van der Waals surface area contributed by atoms with Gasteiger partial charge in [-0.1, -0.05) is 0 Å². The fourth-order valence-corrected chi connectivity index (χ4v) is 3.48. The van der Waals surface area contributed by atoms with E-state index < -0.39 is 0 Å².